The number of aromatic nitrogens is 2. The zero-order valence-electron chi connectivity index (χ0n) is 21.4. The molecule has 0 unspecified atom stereocenters. The number of nitrogens with one attached hydrogen (secondary N) is 2. The summed E-state index contributed by atoms with van der Waals surface area (Å²) in [6.07, 6.45) is 6.61. The molecule has 38 heavy (non-hydrogen) atoms. The summed E-state index contributed by atoms with van der Waals surface area (Å²) >= 11 is 5.94. The Balaban J connectivity index is 1.58. The van der Waals surface area contributed by atoms with Gasteiger partial charge in [-0.15, -0.1) is 0 Å². The normalized spacial score (nSPS) is 15.4. The summed E-state index contributed by atoms with van der Waals surface area (Å²) in [4.78, 5) is 23.5. The van der Waals surface area contributed by atoms with Gasteiger partial charge in [0.15, 0.2) is 0 Å². The number of rotatable bonds is 12. The molecule has 11 heteroatoms. The molecule has 0 saturated carbocycles. The standard InChI is InChI=1S/C27H31ClFN5O4/c1-34(10-12-36-2)9-3-6-26(35)33-24-14-20-23(15-25(24)38-16-19-5-4-11-37-19)30-17-31-27(20)32-18-7-8-22(29)21(28)13-18/h3,6-8,13-15,17,19H,4-5,9-12,16H2,1-2H3,(H,33,35)(H,30,31,32)/b6-3+/t19-/m1/s1. The fraction of sp³-hybridized carbons (Fsp3) is 0.370. The van der Waals surface area contributed by atoms with Crippen LogP contribution >= 0.6 is 11.6 Å². The maximum absolute atomic E-state index is 13.6. The molecule has 0 spiro atoms. The first-order valence-electron chi connectivity index (χ1n) is 12.3. The van der Waals surface area contributed by atoms with Crippen molar-refractivity contribution < 1.29 is 23.4 Å². The molecule has 9 nitrogen and oxygen atoms in total. The largest absolute Gasteiger partial charge is 0.489 e. The van der Waals surface area contributed by atoms with Gasteiger partial charge in [-0.3, -0.25) is 4.79 Å². The summed E-state index contributed by atoms with van der Waals surface area (Å²) in [7, 11) is 3.60. The molecule has 4 rings (SSSR count). The van der Waals surface area contributed by atoms with Crippen LogP contribution in [0.3, 0.4) is 0 Å². The van der Waals surface area contributed by atoms with Gasteiger partial charge in [-0.25, -0.2) is 14.4 Å². The Labute approximate surface area is 225 Å². The van der Waals surface area contributed by atoms with E-state index in [-0.39, 0.29) is 17.0 Å². The maximum Gasteiger partial charge on any atom is 0.248 e. The van der Waals surface area contributed by atoms with Gasteiger partial charge in [0, 0.05) is 50.0 Å². The Bertz CT molecular complexity index is 1290. The van der Waals surface area contributed by atoms with Gasteiger partial charge >= 0.3 is 0 Å². The second-order valence-electron chi connectivity index (χ2n) is 8.93. The van der Waals surface area contributed by atoms with E-state index in [0.29, 0.717) is 60.2 Å². The lowest BCUT2D eigenvalue weighted by Gasteiger charge is -2.17. The number of fused-ring (bicyclic) bond motifs is 1. The van der Waals surface area contributed by atoms with E-state index in [0.717, 1.165) is 19.4 Å². The zero-order valence-corrected chi connectivity index (χ0v) is 22.1. The van der Waals surface area contributed by atoms with Crippen molar-refractivity contribution in [3.8, 4) is 5.75 Å². The molecular weight excluding hydrogens is 513 g/mol. The van der Waals surface area contributed by atoms with Crippen LogP contribution in [0.15, 0.2) is 48.8 Å². The number of nitrogens with zero attached hydrogens (tertiary/aromatic N) is 3. The molecular formula is C27H31ClFN5O4. The quantitative estimate of drug-likeness (QED) is 0.314. The molecule has 1 atom stereocenters. The van der Waals surface area contributed by atoms with E-state index in [4.69, 9.17) is 25.8 Å². The van der Waals surface area contributed by atoms with Crippen molar-refractivity contribution in [2.24, 2.45) is 0 Å². The molecule has 2 heterocycles. The molecule has 1 aromatic heterocycles. The lowest BCUT2D eigenvalue weighted by molar-refractivity contribution is -0.111. The van der Waals surface area contributed by atoms with E-state index in [1.165, 1.54) is 24.5 Å². The fourth-order valence-electron chi connectivity index (χ4n) is 3.92. The van der Waals surface area contributed by atoms with Gasteiger partial charge in [-0.05, 0) is 44.2 Å². The minimum absolute atomic E-state index is 0.00244. The van der Waals surface area contributed by atoms with E-state index in [1.807, 2.05) is 11.9 Å². The number of carbonyl (C=O) groups is 1. The number of ether oxygens (including phenoxy) is 3. The third-order valence-corrected chi connectivity index (χ3v) is 6.28. The average molecular weight is 544 g/mol. The second kappa shape index (κ2) is 13.5. The fourth-order valence-corrected chi connectivity index (χ4v) is 4.10. The summed E-state index contributed by atoms with van der Waals surface area (Å²) in [6.45, 7) is 3.04. The first-order chi connectivity index (χ1) is 18.4. The molecule has 0 radical (unpaired) electrons. The average Bonchev–Trinajstić information content (AvgIpc) is 3.42. The lowest BCUT2D eigenvalue weighted by atomic mass is 10.1. The van der Waals surface area contributed by atoms with Gasteiger partial charge in [0.05, 0.1) is 28.9 Å². The summed E-state index contributed by atoms with van der Waals surface area (Å²) in [5, 5.41) is 6.69. The number of amides is 1. The van der Waals surface area contributed by atoms with Crippen LogP contribution < -0.4 is 15.4 Å². The molecule has 2 N–H and O–H groups in total. The molecule has 1 amide bonds. The number of carbonyl (C=O) groups excluding carboxylic acids is 1. The van der Waals surface area contributed by atoms with Crippen molar-refractivity contribution in [2.45, 2.75) is 18.9 Å². The van der Waals surface area contributed by atoms with Crippen LogP contribution in [-0.4, -0.2) is 73.9 Å². The van der Waals surface area contributed by atoms with Crippen molar-refractivity contribution >= 4 is 45.6 Å². The highest BCUT2D eigenvalue weighted by atomic mass is 35.5. The van der Waals surface area contributed by atoms with Crippen molar-refractivity contribution in [3.63, 3.8) is 0 Å². The number of anilines is 3. The first kappa shape index (κ1) is 27.7. The van der Waals surface area contributed by atoms with E-state index < -0.39 is 5.82 Å². The van der Waals surface area contributed by atoms with Crippen molar-refractivity contribution in [2.75, 3.05) is 57.7 Å². The topological polar surface area (TPSA) is 97.8 Å². The third kappa shape index (κ3) is 7.61. The zero-order chi connectivity index (χ0) is 26.9. The molecule has 1 saturated heterocycles. The van der Waals surface area contributed by atoms with Crippen LogP contribution in [0.25, 0.3) is 10.9 Å². The van der Waals surface area contributed by atoms with Crippen molar-refractivity contribution in [3.05, 3.63) is 59.7 Å². The van der Waals surface area contributed by atoms with Gasteiger partial charge in [0.1, 0.15) is 30.3 Å². The molecule has 1 fully saturated rings. The lowest BCUT2D eigenvalue weighted by Crippen LogP contribution is -2.23. The molecule has 0 aliphatic carbocycles. The van der Waals surface area contributed by atoms with Crippen LogP contribution in [0, 0.1) is 5.82 Å². The molecule has 0 bridgehead atoms. The van der Waals surface area contributed by atoms with E-state index in [2.05, 4.69) is 20.6 Å². The van der Waals surface area contributed by atoms with Gasteiger partial charge in [-0.1, -0.05) is 17.7 Å². The molecule has 1 aliphatic rings. The van der Waals surface area contributed by atoms with E-state index in [9.17, 15) is 9.18 Å². The van der Waals surface area contributed by atoms with Crippen LogP contribution in [0.4, 0.5) is 21.6 Å². The molecule has 2 aromatic carbocycles. The predicted molar refractivity (Wildman–Crippen MR) is 146 cm³/mol. The van der Waals surface area contributed by atoms with E-state index >= 15 is 0 Å². The highest BCUT2D eigenvalue weighted by Crippen LogP contribution is 2.34. The Morgan fingerprint density at radius 2 is 2.18 bits per heavy atom. The summed E-state index contributed by atoms with van der Waals surface area (Å²) in [6, 6.07) is 7.82. The summed E-state index contributed by atoms with van der Waals surface area (Å²) in [5.74, 6) is 0.125. The highest BCUT2D eigenvalue weighted by molar-refractivity contribution is 6.31. The highest BCUT2D eigenvalue weighted by Gasteiger charge is 2.19. The SMILES string of the molecule is COCCN(C)C/C=C/C(=O)Nc1cc2c(Nc3ccc(F)c(Cl)c3)ncnc2cc1OC[C@H]1CCCO1. The Morgan fingerprint density at radius 3 is 2.95 bits per heavy atom. The number of hydrogen-bond acceptors (Lipinski definition) is 8. The van der Waals surface area contributed by atoms with Gasteiger partial charge in [0.2, 0.25) is 5.91 Å². The molecule has 3 aromatic rings. The molecule has 1 aliphatic heterocycles. The van der Waals surface area contributed by atoms with Gasteiger partial charge in [0.25, 0.3) is 0 Å². The number of likely N-dealkylation sites (N-methyl/N-ethyl adjacent to an activating group) is 1. The minimum atomic E-state index is -0.513. The maximum atomic E-state index is 13.6. The van der Waals surface area contributed by atoms with Gasteiger partial charge in [-0.2, -0.15) is 0 Å². The van der Waals surface area contributed by atoms with Crippen molar-refractivity contribution in [1.82, 2.24) is 14.9 Å². The van der Waals surface area contributed by atoms with Crippen LogP contribution in [-0.2, 0) is 14.3 Å². The third-order valence-electron chi connectivity index (χ3n) is 5.99. The van der Waals surface area contributed by atoms with Crippen molar-refractivity contribution in [1.29, 1.82) is 0 Å². The van der Waals surface area contributed by atoms with Gasteiger partial charge < -0.3 is 29.7 Å². The van der Waals surface area contributed by atoms with Crippen LogP contribution in [0.2, 0.25) is 5.02 Å². The predicted octanol–water partition coefficient (Wildman–Crippen LogP) is 4.80. The monoisotopic (exact) mass is 543 g/mol. The van der Waals surface area contributed by atoms with Crippen LogP contribution in [0.5, 0.6) is 5.75 Å². The summed E-state index contributed by atoms with van der Waals surface area (Å²) < 4.78 is 30.5. The first-order valence-corrected chi connectivity index (χ1v) is 12.7. The smallest absolute Gasteiger partial charge is 0.248 e. The Morgan fingerprint density at radius 1 is 1.32 bits per heavy atom. The van der Waals surface area contributed by atoms with E-state index in [1.54, 1.807) is 31.4 Å². The number of halogens is 2. The minimum Gasteiger partial charge on any atom is -0.489 e. The second-order valence-corrected chi connectivity index (χ2v) is 9.34. The molecule has 202 valence electrons. The summed E-state index contributed by atoms with van der Waals surface area (Å²) in [5.41, 5.74) is 1.63. The number of methoxy groups -OCH3 is 1. The Kier molecular flexibility index (Phi) is 9.83. The van der Waals surface area contributed by atoms with Crippen LogP contribution in [0.1, 0.15) is 12.8 Å². The number of benzene rings is 2. The Hall–Kier alpha value is -3.31. The number of hydrogen-bond donors (Lipinski definition) is 2.